The topological polar surface area (TPSA) is 66.4 Å². The molecule has 8 heteroatoms. The van der Waals surface area contributed by atoms with Gasteiger partial charge < -0.3 is 5.32 Å². The van der Waals surface area contributed by atoms with Gasteiger partial charge in [0.15, 0.2) is 0 Å². The Morgan fingerprint density at radius 1 is 1.17 bits per heavy atom. The second-order valence-electron chi connectivity index (χ2n) is 5.00. The molecule has 0 saturated carbocycles. The second-order valence-corrected chi connectivity index (χ2v) is 5.00. The number of carbonyl (C=O) groups excluding carboxylic acids is 1. The minimum Gasteiger partial charge on any atom is -0.326 e. The van der Waals surface area contributed by atoms with Crippen molar-refractivity contribution < 1.29 is 18.0 Å². The lowest BCUT2D eigenvalue weighted by Gasteiger charge is -2.08. The molecule has 2 aromatic rings. The normalized spacial score (nSPS) is 12.0. The van der Waals surface area contributed by atoms with Crippen LogP contribution in [0.5, 0.6) is 0 Å². The number of rotatable bonds is 4. The molecule has 0 aliphatic carbocycles. The number of nitrogens with zero attached hydrogens (tertiary/aromatic N) is 2. The number of aromatic nitrogens is 1. The van der Waals surface area contributed by atoms with E-state index in [1.807, 2.05) is 0 Å². The van der Waals surface area contributed by atoms with Crippen LogP contribution in [0.15, 0.2) is 47.7 Å². The van der Waals surface area contributed by atoms with Crippen LogP contribution >= 0.6 is 0 Å². The highest BCUT2D eigenvalue weighted by Crippen LogP contribution is 2.28. The fourth-order valence-corrected chi connectivity index (χ4v) is 1.86. The molecule has 1 amide bonds. The van der Waals surface area contributed by atoms with E-state index < -0.39 is 11.7 Å². The van der Waals surface area contributed by atoms with Gasteiger partial charge in [0.25, 0.3) is 0 Å². The fraction of sp³-hybridized carbons (Fsp3) is 0.188. The number of amides is 1. The second kappa shape index (κ2) is 7.12. The average molecular weight is 336 g/mol. The predicted molar refractivity (Wildman–Crippen MR) is 85.8 cm³/mol. The average Bonchev–Trinajstić information content (AvgIpc) is 2.52. The molecule has 0 aliphatic rings. The van der Waals surface area contributed by atoms with Crippen molar-refractivity contribution in [2.45, 2.75) is 20.0 Å². The van der Waals surface area contributed by atoms with Gasteiger partial charge in [-0.25, -0.2) is 4.98 Å². The van der Waals surface area contributed by atoms with E-state index in [1.54, 1.807) is 31.2 Å². The largest absolute Gasteiger partial charge is 0.417 e. The lowest BCUT2D eigenvalue weighted by molar-refractivity contribution is -0.137. The smallest absolute Gasteiger partial charge is 0.326 e. The molecule has 0 bridgehead atoms. The van der Waals surface area contributed by atoms with Crippen molar-refractivity contribution in [2.75, 3.05) is 10.7 Å². The van der Waals surface area contributed by atoms with Crippen molar-refractivity contribution in [1.82, 2.24) is 4.98 Å². The summed E-state index contributed by atoms with van der Waals surface area (Å²) in [6.07, 6.45) is -3.68. The summed E-state index contributed by atoms with van der Waals surface area (Å²) < 4.78 is 37.4. The molecule has 24 heavy (non-hydrogen) atoms. The first-order valence-corrected chi connectivity index (χ1v) is 6.97. The molecule has 0 fully saturated rings. The number of hydrogen-bond acceptors (Lipinski definition) is 4. The zero-order valence-corrected chi connectivity index (χ0v) is 13.0. The van der Waals surface area contributed by atoms with Crippen LogP contribution in [0.4, 0.5) is 24.7 Å². The van der Waals surface area contributed by atoms with Crippen molar-refractivity contribution in [3.05, 3.63) is 53.7 Å². The van der Waals surface area contributed by atoms with Crippen LogP contribution in [0.1, 0.15) is 25.0 Å². The number of halogens is 3. The predicted octanol–water partition coefficient (Wildman–Crippen LogP) is 3.89. The van der Waals surface area contributed by atoms with E-state index in [0.29, 0.717) is 11.4 Å². The summed E-state index contributed by atoms with van der Waals surface area (Å²) in [4.78, 5) is 14.7. The van der Waals surface area contributed by atoms with Crippen LogP contribution in [0.2, 0.25) is 0 Å². The Morgan fingerprint density at radius 2 is 1.92 bits per heavy atom. The maximum absolute atomic E-state index is 12.5. The Bertz CT molecular complexity index is 755. The van der Waals surface area contributed by atoms with Crippen LogP contribution in [-0.4, -0.2) is 16.6 Å². The molecular formula is C16H15F3N4O. The highest BCUT2D eigenvalue weighted by Gasteiger charge is 2.30. The summed E-state index contributed by atoms with van der Waals surface area (Å²) in [5.41, 5.74) is 3.75. The van der Waals surface area contributed by atoms with Crippen molar-refractivity contribution in [1.29, 1.82) is 0 Å². The number of carbonyl (C=O) groups is 1. The third-order valence-corrected chi connectivity index (χ3v) is 3.03. The fourth-order valence-electron chi connectivity index (χ4n) is 1.86. The summed E-state index contributed by atoms with van der Waals surface area (Å²) in [6.45, 7) is 3.13. The van der Waals surface area contributed by atoms with Crippen LogP contribution in [0.25, 0.3) is 0 Å². The van der Waals surface area contributed by atoms with Crippen LogP contribution in [0, 0.1) is 0 Å². The van der Waals surface area contributed by atoms with Crippen molar-refractivity contribution in [2.24, 2.45) is 5.10 Å². The molecule has 1 aromatic carbocycles. The maximum atomic E-state index is 12.5. The third kappa shape index (κ3) is 4.80. The molecule has 0 unspecified atom stereocenters. The Labute approximate surface area is 136 Å². The maximum Gasteiger partial charge on any atom is 0.417 e. The molecule has 5 nitrogen and oxygen atoms in total. The van der Waals surface area contributed by atoms with E-state index in [9.17, 15) is 18.0 Å². The van der Waals surface area contributed by atoms with Crippen molar-refractivity contribution in [3.8, 4) is 0 Å². The van der Waals surface area contributed by atoms with Gasteiger partial charge in [0.1, 0.15) is 5.82 Å². The minimum absolute atomic E-state index is 0.186. The van der Waals surface area contributed by atoms with Gasteiger partial charge in [-0.1, -0.05) is 12.1 Å². The van der Waals surface area contributed by atoms with Gasteiger partial charge in [0.2, 0.25) is 5.91 Å². The van der Waals surface area contributed by atoms with Crippen molar-refractivity contribution in [3.63, 3.8) is 0 Å². The molecule has 0 spiro atoms. The molecule has 1 heterocycles. The molecule has 126 valence electrons. The molecule has 0 saturated heterocycles. The lowest BCUT2D eigenvalue weighted by atomic mass is 10.1. The van der Waals surface area contributed by atoms with Gasteiger partial charge in [-0.15, -0.1) is 0 Å². The molecular weight excluding hydrogens is 321 g/mol. The van der Waals surface area contributed by atoms with Crippen LogP contribution in [-0.2, 0) is 11.0 Å². The van der Waals surface area contributed by atoms with Gasteiger partial charge in [-0.05, 0) is 36.8 Å². The van der Waals surface area contributed by atoms with Gasteiger partial charge in [-0.3, -0.25) is 10.2 Å². The molecule has 2 N–H and O–H groups in total. The van der Waals surface area contributed by atoms with Crippen LogP contribution < -0.4 is 10.7 Å². The standard InChI is InChI=1S/C16H15F3N4O/c1-10(12-4-3-5-14(8-12)21-11(2)24)22-23-15-7-6-13(9-20-15)16(17,18)19/h3-9H,1-2H3,(H,20,23)(H,21,24)/b22-10-. The number of anilines is 2. The molecule has 1 aromatic heterocycles. The number of pyridine rings is 1. The molecule has 0 atom stereocenters. The Hall–Kier alpha value is -2.90. The van der Waals surface area contributed by atoms with E-state index in [0.717, 1.165) is 17.8 Å². The number of nitrogens with one attached hydrogen (secondary N) is 2. The summed E-state index contributed by atoms with van der Waals surface area (Å²) in [7, 11) is 0. The van der Waals surface area contributed by atoms with E-state index in [1.165, 1.54) is 13.0 Å². The van der Waals surface area contributed by atoms with Gasteiger partial charge in [0, 0.05) is 18.8 Å². The monoisotopic (exact) mass is 336 g/mol. The van der Waals surface area contributed by atoms with Crippen LogP contribution in [0.3, 0.4) is 0 Å². The summed E-state index contributed by atoms with van der Waals surface area (Å²) in [5, 5.41) is 6.75. The summed E-state index contributed by atoms with van der Waals surface area (Å²) in [5.74, 6) is 0.00851. The first kappa shape index (κ1) is 17.5. The zero-order valence-electron chi connectivity index (χ0n) is 13.0. The molecule has 2 rings (SSSR count). The third-order valence-electron chi connectivity index (χ3n) is 3.03. The Kier molecular flexibility index (Phi) is 5.18. The zero-order chi connectivity index (χ0) is 17.7. The number of hydrazone groups is 1. The van der Waals surface area contributed by atoms with E-state index >= 15 is 0 Å². The number of hydrogen-bond donors (Lipinski definition) is 2. The summed E-state index contributed by atoms with van der Waals surface area (Å²) in [6, 6.07) is 9.16. The van der Waals surface area contributed by atoms with E-state index in [2.05, 4.69) is 20.8 Å². The van der Waals surface area contributed by atoms with Gasteiger partial charge in [0.05, 0.1) is 11.3 Å². The SMILES string of the molecule is CC(=O)Nc1cccc(/C(C)=N\Nc2ccc(C(F)(F)F)cn2)c1. The first-order valence-electron chi connectivity index (χ1n) is 6.97. The van der Waals surface area contributed by atoms with Gasteiger partial charge >= 0.3 is 6.18 Å². The van der Waals surface area contributed by atoms with E-state index in [4.69, 9.17) is 0 Å². The van der Waals surface area contributed by atoms with E-state index in [-0.39, 0.29) is 11.7 Å². The number of benzene rings is 1. The molecule has 0 radical (unpaired) electrons. The first-order chi connectivity index (χ1) is 11.3. The quantitative estimate of drug-likeness (QED) is 0.657. The highest BCUT2D eigenvalue weighted by molar-refractivity contribution is 6.00. The molecule has 0 aliphatic heterocycles. The summed E-state index contributed by atoms with van der Waals surface area (Å²) >= 11 is 0. The van der Waals surface area contributed by atoms with Crippen molar-refractivity contribution >= 4 is 23.1 Å². The Morgan fingerprint density at radius 3 is 2.50 bits per heavy atom. The highest BCUT2D eigenvalue weighted by atomic mass is 19.4. The van der Waals surface area contributed by atoms with Gasteiger partial charge in [-0.2, -0.15) is 18.3 Å². The number of alkyl halides is 3. The Balaban J connectivity index is 2.10. The lowest BCUT2D eigenvalue weighted by Crippen LogP contribution is -2.07. The minimum atomic E-state index is -4.42.